The van der Waals surface area contributed by atoms with Gasteiger partial charge in [0.05, 0.1) is 24.5 Å². The van der Waals surface area contributed by atoms with Crippen LogP contribution >= 0.6 is 0 Å². The Labute approximate surface area is 169 Å². The number of ether oxygens (including phenoxy) is 1. The second-order valence-corrected chi connectivity index (χ2v) is 7.28. The number of amides is 2. The molecule has 0 saturated carbocycles. The molecule has 0 bridgehead atoms. The summed E-state index contributed by atoms with van der Waals surface area (Å²) in [4.78, 5) is 16.7. The number of rotatable bonds is 6. The van der Waals surface area contributed by atoms with Crippen molar-refractivity contribution < 1.29 is 9.53 Å². The average molecular weight is 395 g/mol. The Balaban J connectivity index is 1.36. The molecule has 1 saturated heterocycles. The molecule has 4 rings (SSSR count). The van der Waals surface area contributed by atoms with Gasteiger partial charge in [0.25, 0.3) is 0 Å². The second-order valence-electron chi connectivity index (χ2n) is 7.28. The van der Waals surface area contributed by atoms with Gasteiger partial charge < -0.3 is 15.4 Å². The predicted octanol–water partition coefficient (Wildman–Crippen LogP) is 2.37. The maximum absolute atomic E-state index is 12.5. The third kappa shape index (κ3) is 4.29. The highest BCUT2D eigenvalue weighted by Gasteiger charge is 2.32. The van der Waals surface area contributed by atoms with E-state index in [1.54, 1.807) is 4.68 Å². The molecule has 152 valence electrons. The van der Waals surface area contributed by atoms with E-state index >= 15 is 0 Å². The van der Waals surface area contributed by atoms with Crippen LogP contribution in [0, 0.1) is 0 Å². The van der Waals surface area contributed by atoms with Crippen molar-refractivity contribution in [2.24, 2.45) is 0 Å². The Morgan fingerprint density at radius 1 is 1.28 bits per heavy atom. The minimum absolute atomic E-state index is 0.105. The number of aromatic nitrogens is 5. The van der Waals surface area contributed by atoms with Crippen molar-refractivity contribution in [2.75, 3.05) is 6.61 Å². The molecular formula is C20H25N7O2. The van der Waals surface area contributed by atoms with Crippen molar-refractivity contribution in [3.63, 3.8) is 0 Å². The van der Waals surface area contributed by atoms with Crippen molar-refractivity contribution in [2.45, 2.75) is 45.0 Å². The summed E-state index contributed by atoms with van der Waals surface area (Å²) in [7, 11) is 0. The van der Waals surface area contributed by atoms with E-state index in [4.69, 9.17) is 4.74 Å². The van der Waals surface area contributed by atoms with Crippen LogP contribution in [0.2, 0.25) is 0 Å². The number of nitrogens with zero attached hydrogens (tertiary/aromatic N) is 5. The van der Waals surface area contributed by atoms with Crippen LogP contribution < -0.4 is 10.6 Å². The molecule has 2 atom stereocenters. The molecule has 1 fully saturated rings. The Hall–Kier alpha value is -3.20. The number of hydrogen-bond donors (Lipinski definition) is 2. The van der Waals surface area contributed by atoms with E-state index in [1.807, 2.05) is 47.4 Å². The lowest BCUT2D eigenvalue weighted by atomic mass is 10.1. The van der Waals surface area contributed by atoms with Crippen LogP contribution in [0.1, 0.15) is 43.8 Å². The first-order valence-electron chi connectivity index (χ1n) is 9.76. The maximum Gasteiger partial charge on any atom is 0.315 e. The lowest BCUT2D eigenvalue weighted by Crippen LogP contribution is -2.43. The molecule has 9 nitrogen and oxygen atoms in total. The summed E-state index contributed by atoms with van der Waals surface area (Å²) in [5.74, 6) is 0.656. The van der Waals surface area contributed by atoms with Crippen LogP contribution in [0.4, 0.5) is 4.79 Å². The van der Waals surface area contributed by atoms with Gasteiger partial charge in [0, 0.05) is 24.4 Å². The Bertz CT molecular complexity index is 951. The second kappa shape index (κ2) is 8.44. The minimum Gasteiger partial charge on any atom is -0.371 e. The van der Waals surface area contributed by atoms with Gasteiger partial charge in [0.15, 0.2) is 5.82 Å². The van der Waals surface area contributed by atoms with Gasteiger partial charge in [-0.1, -0.05) is 18.2 Å². The first kappa shape index (κ1) is 19.1. The highest BCUT2D eigenvalue weighted by molar-refractivity contribution is 5.74. The van der Waals surface area contributed by atoms with E-state index in [1.165, 1.54) is 6.33 Å². The highest BCUT2D eigenvalue weighted by Crippen LogP contribution is 2.29. The van der Waals surface area contributed by atoms with Gasteiger partial charge in [-0.2, -0.15) is 10.2 Å². The van der Waals surface area contributed by atoms with Gasteiger partial charge in [-0.15, -0.1) is 0 Å². The number of para-hydroxylation sites is 1. The van der Waals surface area contributed by atoms with Crippen LogP contribution in [0.5, 0.6) is 0 Å². The van der Waals surface area contributed by atoms with E-state index in [2.05, 4.69) is 39.7 Å². The SMILES string of the molecule is CC(C)n1cc([C@@H]2OCC[C@H]2NC(=O)NCc2ncnn2-c2ccccc2)cn1. The molecule has 2 aromatic heterocycles. The summed E-state index contributed by atoms with van der Waals surface area (Å²) < 4.78 is 9.45. The van der Waals surface area contributed by atoms with E-state index in [0.717, 1.165) is 17.7 Å². The minimum atomic E-state index is -0.260. The van der Waals surface area contributed by atoms with Gasteiger partial charge in [-0.05, 0) is 32.4 Å². The molecule has 0 aliphatic carbocycles. The summed E-state index contributed by atoms with van der Waals surface area (Å²) in [5, 5.41) is 14.5. The summed E-state index contributed by atoms with van der Waals surface area (Å²) in [6, 6.07) is 9.60. The van der Waals surface area contributed by atoms with Crippen LogP contribution in [0.15, 0.2) is 49.1 Å². The topological polar surface area (TPSA) is 98.9 Å². The molecule has 1 aliphatic rings. The third-order valence-electron chi connectivity index (χ3n) is 4.91. The predicted molar refractivity (Wildman–Crippen MR) is 106 cm³/mol. The summed E-state index contributed by atoms with van der Waals surface area (Å²) in [6.07, 6.45) is 5.84. The van der Waals surface area contributed by atoms with E-state index in [-0.39, 0.29) is 30.8 Å². The summed E-state index contributed by atoms with van der Waals surface area (Å²) in [6.45, 7) is 5.02. The fraction of sp³-hybridized carbons (Fsp3) is 0.400. The molecule has 29 heavy (non-hydrogen) atoms. The first-order valence-corrected chi connectivity index (χ1v) is 9.76. The van der Waals surface area contributed by atoms with Crippen molar-refractivity contribution in [1.82, 2.24) is 35.2 Å². The molecule has 0 radical (unpaired) electrons. The normalized spacial score (nSPS) is 18.9. The Kier molecular flexibility index (Phi) is 5.57. The van der Waals surface area contributed by atoms with Crippen molar-refractivity contribution in [1.29, 1.82) is 0 Å². The Morgan fingerprint density at radius 3 is 2.86 bits per heavy atom. The van der Waals surface area contributed by atoms with Crippen LogP contribution in [-0.2, 0) is 11.3 Å². The van der Waals surface area contributed by atoms with Gasteiger partial charge in [-0.25, -0.2) is 14.5 Å². The smallest absolute Gasteiger partial charge is 0.315 e. The lowest BCUT2D eigenvalue weighted by Gasteiger charge is -2.19. The van der Waals surface area contributed by atoms with E-state index in [0.29, 0.717) is 12.4 Å². The van der Waals surface area contributed by atoms with Crippen LogP contribution in [-0.4, -0.2) is 43.2 Å². The van der Waals surface area contributed by atoms with Crippen molar-refractivity contribution in [3.05, 3.63) is 60.4 Å². The van der Waals surface area contributed by atoms with Gasteiger partial charge in [0.2, 0.25) is 0 Å². The number of hydrogen-bond acceptors (Lipinski definition) is 5. The van der Waals surface area contributed by atoms with Crippen molar-refractivity contribution in [3.8, 4) is 5.69 Å². The molecule has 2 N–H and O–H groups in total. The van der Waals surface area contributed by atoms with Gasteiger partial charge in [0.1, 0.15) is 12.4 Å². The van der Waals surface area contributed by atoms with Crippen LogP contribution in [0.3, 0.4) is 0 Å². The average Bonchev–Trinajstić information content (AvgIpc) is 3.47. The number of nitrogens with one attached hydrogen (secondary N) is 2. The molecule has 1 aromatic carbocycles. The maximum atomic E-state index is 12.5. The zero-order chi connectivity index (χ0) is 20.2. The molecular weight excluding hydrogens is 370 g/mol. The largest absolute Gasteiger partial charge is 0.371 e. The van der Waals surface area contributed by atoms with Crippen LogP contribution in [0.25, 0.3) is 5.69 Å². The molecule has 3 heterocycles. The zero-order valence-electron chi connectivity index (χ0n) is 16.5. The van der Waals surface area contributed by atoms with E-state index < -0.39 is 0 Å². The number of urea groups is 1. The first-order chi connectivity index (χ1) is 14.1. The third-order valence-corrected chi connectivity index (χ3v) is 4.91. The molecule has 9 heteroatoms. The molecule has 0 spiro atoms. The molecule has 2 amide bonds. The highest BCUT2D eigenvalue weighted by atomic mass is 16.5. The van der Waals surface area contributed by atoms with Gasteiger partial charge in [-0.3, -0.25) is 4.68 Å². The number of carbonyl (C=O) groups is 1. The zero-order valence-corrected chi connectivity index (χ0v) is 16.5. The lowest BCUT2D eigenvalue weighted by molar-refractivity contribution is 0.0998. The number of benzene rings is 1. The molecule has 1 aliphatic heterocycles. The summed E-state index contributed by atoms with van der Waals surface area (Å²) >= 11 is 0. The van der Waals surface area contributed by atoms with Crippen molar-refractivity contribution >= 4 is 6.03 Å². The number of carbonyl (C=O) groups excluding carboxylic acids is 1. The molecule has 3 aromatic rings. The summed E-state index contributed by atoms with van der Waals surface area (Å²) in [5.41, 5.74) is 1.87. The quantitative estimate of drug-likeness (QED) is 0.668. The Morgan fingerprint density at radius 2 is 2.10 bits per heavy atom. The standard InChI is InChI=1S/C20H25N7O2/c1-14(2)26-12-15(10-23-26)19-17(8-9-29-19)25-20(28)21-11-18-22-13-24-27(18)16-6-4-3-5-7-16/h3-7,10,12-14,17,19H,8-9,11H2,1-2H3,(H2,21,25,28)/t17-,19+/m1/s1. The monoisotopic (exact) mass is 395 g/mol. The van der Waals surface area contributed by atoms with E-state index in [9.17, 15) is 4.79 Å². The molecule has 0 unspecified atom stereocenters. The van der Waals surface area contributed by atoms with Gasteiger partial charge >= 0.3 is 6.03 Å². The fourth-order valence-electron chi connectivity index (χ4n) is 3.40. The fourth-order valence-corrected chi connectivity index (χ4v) is 3.40.